The van der Waals surface area contributed by atoms with Gasteiger partial charge in [-0.1, -0.05) is 37.3 Å². The van der Waals surface area contributed by atoms with Crippen LogP contribution in [0.3, 0.4) is 0 Å². The van der Waals surface area contributed by atoms with Crippen LogP contribution in [0.5, 0.6) is 0 Å². The molecule has 2 aliphatic rings. The first kappa shape index (κ1) is 21.2. The van der Waals surface area contributed by atoms with Crippen LogP contribution in [0.4, 0.5) is 9.70 Å². The molecule has 2 heterocycles. The van der Waals surface area contributed by atoms with Crippen molar-refractivity contribution in [3.05, 3.63) is 18.2 Å². The molecule has 0 aromatic carbocycles. The zero-order valence-corrected chi connectivity index (χ0v) is 17.9. The number of unbranched alkanes of at least 4 members (excludes halogenated alkanes) is 1. The minimum absolute atomic E-state index is 0.219. The molecule has 1 aromatic rings. The van der Waals surface area contributed by atoms with Gasteiger partial charge in [-0.2, -0.15) is 3.89 Å². The molecular weight excluding hydrogens is 379 g/mol. The molecule has 0 spiro atoms. The molecule has 1 aliphatic carbocycles. The Morgan fingerprint density at radius 3 is 2.67 bits per heavy atom. The molecule has 0 bridgehead atoms. The van der Waals surface area contributed by atoms with Crippen molar-refractivity contribution in [3.8, 4) is 0 Å². The first-order chi connectivity index (χ1) is 13.3. The summed E-state index contributed by atoms with van der Waals surface area (Å²) in [4.78, 5) is 9.17. The van der Waals surface area contributed by atoms with Gasteiger partial charge in [0.1, 0.15) is 23.0 Å². The average Bonchev–Trinajstić information content (AvgIpc) is 2.74. The maximum atomic E-state index is 12.7. The van der Waals surface area contributed by atoms with Crippen molar-refractivity contribution in [1.82, 2.24) is 14.6 Å². The van der Waals surface area contributed by atoms with Crippen molar-refractivity contribution in [2.75, 3.05) is 49.9 Å². The minimum Gasteiger partial charge on any atom is -0.354 e. The van der Waals surface area contributed by atoms with Crippen LogP contribution in [0.2, 0.25) is 0 Å². The molecular formula is C20H33FN4S2. The van der Waals surface area contributed by atoms with E-state index in [-0.39, 0.29) is 12.1 Å². The Morgan fingerprint density at radius 1 is 1.07 bits per heavy atom. The Bertz CT molecular complexity index is 534. The zero-order valence-electron chi connectivity index (χ0n) is 16.2. The molecule has 27 heavy (non-hydrogen) atoms. The number of hydrogen-bond donors (Lipinski definition) is 1. The smallest absolute Gasteiger partial charge is 0.131 e. The second-order valence-corrected chi connectivity index (χ2v) is 9.14. The van der Waals surface area contributed by atoms with Gasteiger partial charge in [-0.3, -0.25) is 9.62 Å². The molecule has 1 aliphatic heterocycles. The van der Waals surface area contributed by atoms with Gasteiger partial charge in [-0.25, -0.2) is 4.98 Å². The van der Waals surface area contributed by atoms with Crippen LogP contribution in [0.1, 0.15) is 44.9 Å². The summed E-state index contributed by atoms with van der Waals surface area (Å²) in [6.07, 6.45) is 9.70. The quantitative estimate of drug-likeness (QED) is 0.440. The van der Waals surface area contributed by atoms with Gasteiger partial charge in [-0.15, -0.1) is 0 Å². The van der Waals surface area contributed by atoms with Crippen LogP contribution < -0.4 is 9.62 Å². The molecule has 1 saturated carbocycles. The molecule has 2 fully saturated rings. The van der Waals surface area contributed by atoms with E-state index in [0.717, 1.165) is 44.5 Å². The standard InChI is InChI=1S/C20H33FN4S2/c21-27-20-10-6-9-19(23-20)25-15-13-24(14-16-25)12-5-4-11-22-26-17-18-7-2-1-3-8-18/h6,9-10,18,22H,1-5,7-8,11-17H2. The Morgan fingerprint density at radius 2 is 1.89 bits per heavy atom. The van der Waals surface area contributed by atoms with E-state index < -0.39 is 0 Å². The molecule has 0 unspecified atom stereocenters. The van der Waals surface area contributed by atoms with Crippen molar-refractivity contribution < 1.29 is 3.89 Å². The number of piperazine rings is 1. The van der Waals surface area contributed by atoms with Crippen molar-refractivity contribution in [2.24, 2.45) is 5.92 Å². The van der Waals surface area contributed by atoms with Gasteiger partial charge in [0.25, 0.3) is 0 Å². The van der Waals surface area contributed by atoms with Crippen LogP contribution in [0.15, 0.2) is 23.2 Å². The van der Waals surface area contributed by atoms with E-state index in [1.807, 2.05) is 24.1 Å². The lowest BCUT2D eigenvalue weighted by Crippen LogP contribution is -2.47. The predicted octanol–water partition coefficient (Wildman–Crippen LogP) is 4.78. The predicted molar refractivity (Wildman–Crippen MR) is 116 cm³/mol. The summed E-state index contributed by atoms with van der Waals surface area (Å²) in [6, 6.07) is 5.58. The van der Waals surface area contributed by atoms with Gasteiger partial charge in [0.15, 0.2) is 0 Å². The fourth-order valence-electron chi connectivity index (χ4n) is 3.96. The molecule has 0 radical (unpaired) electrons. The van der Waals surface area contributed by atoms with Crippen LogP contribution in [0, 0.1) is 5.92 Å². The first-order valence-electron chi connectivity index (χ1n) is 10.4. The fourth-order valence-corrected chi connectivity index (χ4v) is 5.19. The lowest BCUT2D eigenvalue weighted by atomic mass is 9.91. The monoisotopic (exact) mass is 412 g/mol. The third-order valence-electron chi connectivity index (χ3n) is 5.63. The van der Waals surface area contributed by atoms with E-state index in [9.17, 15) is 3.89 Å². The number of halogens is 1. The van der Waals surface area contributed by atoms with Crippen LogP contribution in [-0.2, 0) is 0 Å². The van der Waals surface area contributed by atoms with E-state index in [1.54, 1.807) is 6.07 Å². The highest BCUT2D eigenvalue weighted by Crippen LogP contribution is 2.26. The first-order valence-corrected chi connectivity index (χ1v) is 12.1. The molecule has 1 aromatic heterocycles. The number of pyridine rings is 1. The molecule has 1 saturated heterocycles. The summed E-state index contributed by atoms with van der Waals surface area (Å²) < 4.78 is 16.3. The fraction of sp³-hybridized carbons (Fsp3) is 0.750. The molecule has 0 amide bonds. The van der Waals surface area contributed by atoms with Crippen LogP contribution >= 0.6 is 24.1 Å². The largest absolute Gasteiger partial charge is 0.354 e. The van der Waals surface area contributed by atoms with Crippen molar-refractivity contribution in [3.63, 3.8) is 0 Å². The Kier molecular flexibility index (Phi) is 9.54. The summed E-state index contributed by atoms with van der Waals surface area (Å²) in [5.41, 5.74) is 0. The third-order valence-corrected chi connectivity index (χ3v) is 7.06. The highest BCUT2D eigenvalue weighted by molar-refractivity contribution is 7.97. The van der Waals surface area contributed by atoms with E-state index in [1.165, 1.54) is 57.2 Å². The second kappa shape index (κ2) is 12.1. The lowest BCUT2D eigenvalue weighted by Gasteiger charge is -2.35. The van der Waals surface area contributed by atoms with Crippen LogP contribution in [0.25, 0.3) is 0 Å². The Hall–Kier alpha value is -0.500. The second-order valence-electron chi connectivity index (χ2n) is 7.66. The SMILES string of the molecule is FSc1cccc(N2CCN(CCCCNSCC3CCCCC3)CC2)n1. The maximum absolute atomic E-state index is 12.7. The molecule has 7 heteroatoms. The summed E-state index contributed by atoms with van der Waals surface area (Å²) in [5, 5.41) is 0.448. The molecule has 1 N–H and O–H groups in total. The van der Waals surface area contributed by atoms with E-state index in [0.29, 0.717) is 5.03 Å². The average molecular weight is 413 g/mol. The van der Waals surface area contributed by atoms with Crippen molar-refractivity contribution in [1.29, 1.82) is 0 Å². The number of nitrogens with one attached hydrogen (secondary N) is 1. The van der Waals surface area contributed by atoms with E-state index in [2.05, 4.69) is 19.5 Å². The summed E-state index contributed by atoms with van der Waals surface area (Å²) >= 11 is 2.16. The molecule has 3 rings (SSSR count). The Balaban J connectivity index is 1.21. The van der Waals surface area contributed by atoms with Gasteiger partial charge in [-0.05, 0) is 50.3 Å². The van der Waals surface area contributed by atoms with Gasteiger partial charge < -0.3 is 4.90 Å². The zero-order chi connectivity index (χ0) is 18.7. The van der Waals surface area contributed by atoms with Gasteiger partial charge >= 0.3 is 0 Å². The Labute approximate surface area is 172 Å². The maximum Gasteiger partial charge on any atom is 0.131 e. The normalized spacial score (nSPS) is 19.5. The summed E-state index contributed by atoms with van der Waals surface area (Å²) in [6.45, 7) is 6.38. The van der Waals surface area contributed by atoms with Crippen molar-refractivity contribution >= 4 is 29.9 Å². The third kappa shape index (κ3) is 7.44. The number of nitrogens with zero attached hydrogens (tertiary/aromatic N) is 3. The number of aromatic nitrogens is 1. The molecule has 4 nitrogen and oxygen atoms in total. The highest BCUT2D eigenvalue weighted by Gasteiger charge is 2.18. The minimum atomic E-state index is 0.219. The number of hydrogen-bond acceptors (Lipinski definition) is 6. The molecule has 0 atom stereocenters. The van der Waals surface area contributed by atoms with E-state index in [4.69, 9.17) is 0 Å². The van der Waals surface area contributed by atoms with Gasteiger partial charge in [0, 0.05) is 38.5 Å². The topological polar surface area (TPSA) is 31.4 Å². The summed E-state index contributed by atoms with van der Waals surface area (Å²) in [7, 11) is 0. The van der Waals surface area contributed by atoms with Crippen molar-refractivity contribution in [2.45, 2.75) is 50.0 Å². The number of anilines is 1. The van der Waals surface area contributed by atoms with Gasteiger partial charge in [0.2, 0.25) is 0 Å². The van der Waals surface area contributed by atoms with E-state index >= 15 is 0 Å². The van der Waals surface area contributed by atoms with Gasteiger partial charge in [0.05, 0.1) is 0 Å². The number of rotatable bonds is 10. The highest BCUT2D eigenvalue weighted by atomic mass is 32.2. The lowest BCUT2D eigenvalue weighted by molar-refractivity contribution is 0.252. The van der Waals surface area contributed by atoms with Crippen LogP contribution in [-0.4, -0.2) is 54.9 Å². The summed E-state index contributed by atoms with van der Waals surface area (Å²) in [5.74, 6) is 3.14. The molecule has 152 valence electrons.